The summed E-state index contributed by atoms with van der Waals surface area (Å²) in [7, 11) is 0. The van der Waals surface area contributed by atoms with Gasteiger partial charge in [0.2, 0.25) is 12.7 Å². The molecule has 4 rings (SSSR count). The molecule has 0 aromatic heterocycles. The minimum atomic E-state index is -0.0954. The molecule has 1 amide bonds. The van der Waals surface area contributed by atoms with Crippen LogP contribution in [0, 0.1) is 5.92 Å². The highest BCUT2D eigenvalue weighted by Gasteiger charge is 2.36. The molecule has 6 nitrogen and oxygen atoms in total. The van der Waals surface area contributed by atoms with Gasteiger partial charge in [-0.25, -0.2) is 0 Å². The Labute approximate surface area is 160 Å². The molecule has 0 saturated carbocycles. The molecule has 0 radical (unpaired) electrons. The van der Waals surface area contributed by atoms with Crippen LogP contribution >= 0.6 is 12.4 Å². The predicted octanol–water partition coefficient (Wildman–Crippen LogP) is 2.00. The van der Waals surface area contributed by atoms with E-state index in [2.05, 4.69) is 22.8 Å². The van der Waals surface area contributed by atoms with Crippen molar-refractivity contribution in [3.8, 4) is 11.5 Å². The Morgan fingerprint density at radius 1 is 1.15 bits per heavy atom. The van der Waals surface area contributed by atoms with Crippen molar-refractivity contribution in [2.24, 2.45) is 5.92 Å². The van der Waals surface area contributed by atoms with Crippen molar-refractivity contribution in [2.75, 3.05) is 39.6 Å². The molecule has 0 spiro atoms. The van der Waals surface area contributed by atoms with E-state index in [1.807, 2.05) is 6.07 Å². The lowest BCUT2D eigenvalue weighted by molar-refractivity contribution is -0.126. The molecule has 2 fully saturated rings. The number of amides is 1. The molecule has 0 atom stereocenters. The molecule has 3 aliphatic heterocycles. The molecule has 1 aromatic rings. The average molecular weight is 383 g/mol. The van der Waals surface area contributed by atoms with Crippen LogP contribution < -0.4 is 20.1 Å². The van der Waals surface area contributed by atoms with Gasteiger partial charge in [-0.1, -0.05) is 6.07 Å². The summed E-state index contributed by atoms with van der Waals surface area (Å²) in [5.74, 6) is 1.92. The number of ether oxygens (including phenoxy) is 3. The second-order valence-electron chi connectivity index (χ2n) is 7.20. The van der Waals surface area contributed by atoms with E-state index >= 15 is 0 Å². The van der Waals surface area contributed by atoms with Gasteiger partial charge in [0.15, 0.2) is 11.5 Å². The number of rotatable bonds is 4. The van der Waals surface area contributed by atoms with E-state index in [0.29, 0.717) is 6.54 Å². The summed E-state index contributed by atoms with van der Waals surface area (Å²) >= 11 is 0. The van der Waals surface area contributed by atoms with Gasteiger partial charge >= 0.3 is 0 Å². The predicted molar refractivity (Wildman–Crippen MR) is 100 cm³/mol. The maximum Gasteiger partial charge on any atom is 0.231 e. The number of carbonyl (C=O) groups is 1. The van der Waals surface area contributed by atoms with Gasteiger partial charge in [0.25, 0.3) is 0 Å². The zero-order chi connectivity index (χ0) is 17.1. The van der Waals surface area contributed by atoms with Crippen molar-refractivity contribution >= 4 is 18.3 Å². The van der Waals surface area contributed by atoms with Crippen LogP contribution in [0.2, 0.25) is 0 Å². The van der Waals surface area contributed by atoms with Crippen LogP contribution in [0.4, 0.5) is 0 Å². The largest absolute Gasteiger partial charge is 0.454 e. The zero-order valence-corrected chi connectivity index (χ0v) is 15.7. The first-order valence-electron chi connectivity index (χ1n) is 9.23. The van der Waals surface area contributed by atoms with E-state index in [1.165, 1.54) is 5.56 Å². The topological polar surface area (TPSA) is 68.8 Å². The molecule has 0 aliphatic carbocycles. The minimum absolute atomic E-state index is 0. The molecule has 3 heterocycles. The number of piperidine rings is 1. The number of hydrogen-bond donors (Lipinski definition) is 2. The molecule has 26 heavy (non-hydrogen) atoms. The number of fused-ring (bicyclic) bond motifs is 1. The van der Waals surface area contributed by atoms with Gasteiger partial charge in [-0.2, -0.15) is 0 Å². The van der Waals surface area contributed by atoms with Crippen molar-refractivity contribution in [3.05, 3.63) is 23.8 Å². The molecular weight excluding hydrogens is 356 g/mol. The monoisotopic (exact) mass is 382 g/mol. The van der Waals surface area contributed by atoms with Crippen LogP contribution in [0.3, 0.4) is 0 Å². The fourth-order valence-electron chi connectivity index (χ4n) is 4.04. The SMILES string of the molecule is Cl.O=C(NCC1(c2ccc3c(c2)OCO3)CCOCC1)C1CCNCC1. The Balaban J connectivity index is 0.00000196. The summed E-state index contributed by atoms with van der Waals surface area (Å²) < 4.78 is 16.6. The van der Waals surface area contributed by atoms with E-state index in [4.69, 9.17) is 14.2 Å². The molecule has 0 bridgehead atoms. The standard InChI is InChI=1S/C19H26N2O4.ClH/c22-18(14-3-7-20-8-4-14)21-12-19(5-9-23-10-6-19)15-1-2-16-17(11-15)25-13-24-16;/h1-2,11,14,20H,3-10,12-13H2,(H,21,22);1H. The number of carbonyl (C=O) groups excluding carboxylic acids is 1. The Morgan fingerprint density at radius 3 is 2.65 bits per heavy atom. The molecule has 0 unspecified atom stereocenters. The van der Waals surface area contributed by atoms with Gasteiger partial charge in [0.05, 0.1) is 0 Å². The van der Waals surface area contributed by atoms with Crippen molar-refractivity contribution in [3.63, 3.8) is 0 Å². The van der Waals surface area contributed by atoms with Crippen LogP contribution in [0.1, 0.15) is 31.2 Å². The van der Waals surface area contributed by atoms with E-state index < -0.39 is 0 Å². The fraction of sp³-hybridized carbons (Fsp3) is 0.632. The Hall–Kier alpha value is -1.50. The third-order valence-electron chi connectivity index (χ3n) is 5.75. The van der Waals surface area contributed by atoms with Crippen molar-refractivity contribution in [2.45, 2.75) is 31.1 Å². The maximum atomic E-state index is 12.6. The Bertz CT molecular complexity index is 628. The van der Waals surface area contributed by atoms with Crippen molar-refractivity contribution < 1.29 is 19.0 Å². The first-order chi connectivity index (χ1) is 12.3. The molecule has 2 saturated heterocycles. The van der Waals surface area contributed by atoms with Gasteiger partial charge in [0.1, 0.15) is 0 Å². The zero-order valence-electron chi connectivity index (χ0n) is 14.9. The summed E-state index contributed by atoms with van der Waals surface area (Å²) in [4.78, 5) is 12.6. The highest BCUT2D eigenvalue weighted by molar-refractivity contribution is 5.85. The van der Waals surface area contributed by atoms with Crippen LogP contribution in [-0.2, 0) is 14.9 Å². The fourth-order valence-corrected chi connectivity index (χ4v) is 4.04. The lowest BCUT2D eigenvalue weighted by Crippen LogP contribution is -2.47. The van der Waals surface area contributed by atoms with E-state index in [1.54, 1.807) is 0 Å². The molecule has 1 aromatic carbocycles. The molecular formula is C19H27ClN2O4. The number of halogens is 1. The number of hydrogen-bond acceptors (Lipinski definition) is 5. The van der Waals surface area contributed by atoms with Gasteiger partial charge in [-0.15, -0.1) is 12.4 Å². The van der Waals surface area contributed by atoms with E-state index in [-0.39, 0.29) is 36.4 Å². The summed E-state index contributed by atoms with van der Waals surface area (Å²) in [6.07, 6.45) is 3.65. The number of benzene rings is 1. The smallest absolute Gasteiger partial charge is 0.231 e. The normalized spacial score (nSPS) is 21.7. The van der Waals surface area contributed by atoms with E-state index in [0.717, 1.165) is 63.5 Å². The molecule has 7 heteroatoms. The van der Waals surface area contributed by atoms with Crippen LogP contribution in [0.5, 0.6) is 11.5 Å². The third-order valence-corrected chi connectivity index (χ3v) is 5.75. The lowest BCUT2D eigenvalue weighted by Gasteiger charge is -2.38. The van der Waals surface area contributed by atoms with Crippen molar-refractivity contribution in [1.29, 1.82) is 0 Å². The quantitative estimate of drug-likeness (QED) is 0.833. The summed E-state index contributed by atoms with van der Waals surface area (Å²) in [5.41, 5.74) is 1.10. The first-order valence-corrected chi connectivity index (χ1v) is 9.23. The van der Waals surface area contributed by atoms with E-state index in [9.17, 15) is 4.79 Å². The number of nitrogens with one attached hydrogen (secondary N) is 2. The van der Waals surface area contributed by atoms with Gasteiger partial charge < -0.3 is 24.8 Å². The average Bonchev–Trinajstić information content (AvgIpc) is 3.15. The van der Waals surface area contributed by atoms with Crippen molar-refractivity contribution in [1.82, 2.24) is 10.6 Å². The van der Waals surface area contributed by atoms with Gasteiger partial charge in [0, 0.05) is 31.1 Å². The molecule has 2 N–H and O–H groups in total. The maximum absolute atomic E-state index is 12.6. The second-order valence-corrected chi connectivity index (χ2v) is 7.20. The summed E-state index contributed by atoms with van der Waals surface area (Å²) in [5, 5.41) is 6.54. The van der Waals surface area contributed by atoms with Crippen LogP contribution in [0.15, 0.2) is 18.2 Å². The van der Waals surface area contributed by atoms with Gasteiger partial charge in [-0.05, 0) is 56.5 Å². The Kier molecular flexibility index (Phi) is 6.27. The summed E-state index contributed by atoms with van der Waals surface area (Å²) in [6, 6.07) is 6.16. The minimum Gasteiger partial charge on any atom is -0.454 e. The molecule has 144 valence electrons. The summed E-state index contributed by atoms with van der Waals surface area (Å²) in [6.45, 7) is 4.23. The highest BCUT2D eigenvalue weighted by Crippen LogP contribution is 2.40. The molecule has 3 aliphatic rings. The van der Waals surface area contributed by atoms with Crippen LogP contribution in [0.25, 0.3) is 0 Å². The second kappa shape index (κ2) is 8.46. The highest BCUT2D eigenvalue weighted by atomic mass is 35.5. The Morgan fingerprint density at radius 2 is 1.88 bits per heavy atom. The third kappa shape index (κ3) is 3.92. The van der Waals surface area contributed by atoms with Crippen LogP contribution in [-0.4, -0.2) is 45.5 Å². The van der Waals surface area contributed by atoms with Gasteiger partial charge in [-0.3, -0.25) is 4.79 Å². The lowest BCUT2D eigenvalue weighted by atomic mass is 9.74. The first kappa shape index (κ1) is 19.3.